The number of nitrogens with one attached hydrogen (secondary N) is 1. The van der Waals surface area contributed by atoms with Gasteiger partial charge in [-0.15, -0.1) is 0 Å². The van der Waals surface area contributed by atoms with Crippen LogP contribution in [0.15, 0.2) is 24.4 Å². The fourth-order valence-electron chi connectivity index (χ4n) is 3.61. The van der Waals surface area contributed by atoms with Gasteiger partial charge in [-0.2, -0.15) is 0 Å². The number of rotatable bonds is 12. The number of aryl methyl sites for hydroxylation is 1. The lowest BCUT2D eigenvalue weighted by molar-refractivity contribution is -0.124. The van der Waals surface area contributed by atoms with Crippen LogP contribution in [-0.2, 0) is 17.8 Å². The average molecular weight is 401 g/mol. The fraction of sp³-hybridized carbons (Fsp3) is 0.565. The molecule has 0 atom stereocenters. The van der Waals surface area contributed by atoms with E-state index >= 15 is 0 Å². The van der Waals surface area contributed by atoms with Gasteiger partial charge in [0, 0.05) is 25.4 Å². The molecule has 0 fully saturated rings. The molecular weight excluding hydrogens is 364 g/mol. The van der Waals surface area contributed by atoms with Gasteiger partial charge in [-0.3, -0.25) is 14.9 Å². The van der Waals surface area contributed by atoms with Crippen molar-refractivity contribution in [2.75, 3.05) is 13.1 Å². The Balaban J connectivity index is 2.34. The minimum atomic E-state index is -0.544. The first kappa shape index (κ1) is 23.1. The standard InChI is InChI=1S/C23H36N4O2/c1-5-9-10-20-21(17-26(8-4)16-18(6-2)7-3)27-14-13-19(15-22(27)24-20)11-12-23(28)25-29/h11-15,18,29H,5-10,16-17H2,1-4H3,(H,25,28)/b12-11+. The van der Waals surface area contributed by atoms with Crippen molar-refractivity contribution < 1.29 is 10.0 Å². The molecule has 0 bridgehead atoms. The highest BCUT2D eigenvalue weighted by Gasteiger charge is 2.17. The van der Waals surface area contributed by atoms with Crippen molar-refractivity contribution in [2.24, 2.45) is 5.92 Å². The van der Waals surface area contributed by atoms with Crippen LogP contribution in [0, 0.1) is 5.92 Å². The van der Waals surface area contributed by atoms with Crippen LogP contribution in [0.1, 0.15) is 70.3 Å². The summed E-state index contributed by atoms with van der Waals surface area (Å²) < 4.78 is 2.18. The van der Waals surface area contributed by atoms with E-state index in [-0.39, 0.29) is 0 Å². The van der Waals surface area contributed by atoms with Crippen molar-refractivity contribution in [1.82, 2.24) is 19.8 Å². The lowest BCUT2D eigenvalue weighted by atomic mass is 10.0. The third-order valence-corrected chi connectivity index (χ3v) is 5.63. The van der Waals surface area contributed by atoms with Crippen LogP contribution in [0.4, 0.5) is 0 Å². The van der Waals surface area contributed by atoms with Crippen LogP contribution in [0.2, 0.25) is 0 Å². The Kier molecular flexibility index (Phi) is 9.35. The van der Waals surface area contributed by atoms with Crippen molar-refractivity contribution in [2.45, 2.75) is 66.3 Å². The summed E-state index contributed by atoms with van der Waals surface area (Å²) in [4.78, 5) is 18.7. The minimum Gasteiger partial charge on any atom is -0.302 e. The summed E-state index contributed by atoms with van der Waals surface area (Å²) >= 11 is 0. The van der Waals surface area contributed by atoms with Gasteiger partial charge < -0.3 is 4.40 Å². The zero-order valence-electron chi connectivity index (χ0n) is 18.3. The predicted molar refractivity (Wildman–Crippen MR) is 118 cm³/mol. The van der Waals surface area contributed by atoms with Crippen molar-refractivity contribution in [3.63, 3.8) is 0 Å². The molecule has 0 aliphatic rings. The second-order valence-corrected chi connectivity index (χ2v) is 7.62. The molecule has 2 aromatic rings. The van der Waals surface area contributed by atoms with Crippen molar-refractivity contribution in [3.8, 4) is 0 Å². The second-order valence-electron chi connectivity index (χ2n) is 7.62. The number of nitrogens with zero attached hydrogens (tertiary/aromatic N) is 3. The topological polar surface area (TPSA) is 69.9 Å². The van der Waals surface area contributed by atoms with Gasteiger partial charge >= 0.3 is 0 Å². The van der Waals surface area contributed by atoms with Crippen molar-refractivity contribution in [1.29, 1.82) is 0 Å². The predicted octanol–water partition coefficient (Wildman–Crippen LogP) is 4.45. The highest BCUT2D eigenvalue weighted by atomic mass is 16.5. The van der Waals surface area contributed by atoms with E-state index < -0.39 is 5.91 Å². The van der Waals surface area contributed by atoms with E-state index in [0.29, 0.717) is 0 Å². The molecule has 29 heavy (non-hydrogen) atoms. The highest BCUT2D eigenvalue weighted by Crippen LogP contribution is 2.20. The summed E-state index contributed by atoms with van der Waals surface area (Å²) in [6.07, 6.45) is 10.7. The molecule has 6 heteroatoms. The van der Waals surface area contributed by atoms with E-state index in [2.05, 4.69) is 37.0 Å². The van der Waals surface area contributed by atoms with Gasteiger partial charge in [0.05, 0.1) is 11.4 Å². The summed E-state index contributed by atoms with van der Waals surface area (Å²) in [6.45, 7) is 12.0. The molecule has 2 heterocycles. The van der Waals surface area contributed by atoms with Gasteiger partial charge in [0.2, 0.25) is 0 Å². The maximum Gasteiger partial charge on any atom is 0.267 e. The number of hydroxylamine groups is 1. The first-order chi connectivity index (χ1) is 14.1. The third kappa shape index (κ3) is 6.41. The molecular formula is C23H36N4O2. The molecule has 0 spiro atoms. The number of carbonyl (C=O) groups is 1. The molecule has 0 radical (unpaired) electrons. The normalized spacial score (nSPS) is 12.0. The number of unbranched alkanes of at least 4 members (excludes halogenated alkanes) is 1. The minimum absolute atomic E-state index is 0.544. The quantitative estimate of drug-likeness (QED) is 0.314. The second kappa shape index (κ2) is 11.7. The zero-order chi connectivity index (χ0) is 21.2. The lowest BCUT2D eigenvalue weighted by Crippen LogP contribution is -2.29. The van der Waals surface area contributed by atoms with Crippen molar-refractivity contribution >= 4 is 17.6 Å². The molecule has 160 valence electrons. The summed E-state index contributed by atoms with van der Waals surface area (Å²) in [5, 5.41) is 8.64. The number of imidazole rings is 1. The van der Waals surface area contributed by atoms with E-state index in [1.54, 1.807) is 11.6 Å². The number of hydrogen-bond donors (Lipinski definition) is 2. The van der Waals surface area contributed by atoms with E-state index in [1.807, 2.05) is 18.3 Å². The molecule has 1 amide bonds. The van der Waals surface area contributed by atoms with E-state index in [4.69, 9.17) is 10.2 Å². The highest BCUT2D eigenvalue weighted by molar-refractivity contribution is 5.90. The molecule has 6 nitrogen and oxygen atoms in total. The molecule has 2 rings (SSSR count). The maximum absolute atomic E-state index is 11.2. The van der Waals surface area contributed by atoms with Crippen LogP contribution in [0.25, 0.3) is 11.7 Å². The molecule has 2 aromatic heterocycles. The molecule has 0 saturated carbocycles. The first-order valence-corrected chi connectivity index (χ1v) is 10.9. The van der Waals surface area contributed by atoms with Gasteiger partial charge in [-0.1, -0.05) is 47.0 Å². The Bertz CT molecular complexity index is 809. The Morgan fingerprint density at radius 3 is 2.69 bits per heavy atom. The molecule has 0 aliphatic heterocycles. The summed E-state index contributed by atoms with van der Waals surface area (Å²) in [7, 11) is 0. The molecule has 2 N–H and O–H groups in total. The van der Waals surface area contributed by atoms with Crippen LogP contribution in [0.5, 0.6) is 0 Å². The molecule has 0 unspecified atom stereocenters. The first-order valence-electron chi connectivity index (χ1n) is 10.9. The molecule has 0 saturated heterocycles. The van der Waals surface area contributed by atoms with E-state index in [9.17, 15) is 4.79 Å². The Hall–Kier alpha value is -2.18. The third-order valence-electron chi connectivity index (χ3n) is 5.63. The number of fused-ring (bicyclic) bond motifs is 1. The zero-order valence-corrected chi connectivity index (χ0v) is 18.3. The summed E-state index contributed by atoms with van der Waals surface area (Å²) in [5.41, 5.74) is 5.83. The monoisotopic (exact) mass is 400 g/mol. The van der Waals surface area contributed by atoms with Gasteiger partial charge in [0.25, 0.3) is 5.91 Å². The van der Waals surface area contributed by atoms with E-state index in [0.717, 1.165) is 56.0 Å². The Labute approximate surface area is 174 Å². The summed E-state index contributed by atoms with van der Waals surface area (Å²) in [6, 6.07) is 3.96. The smallest absolute Gasteiger partial charge is 0.267 e. The SMILES string of the molecule is CCCCc1nc2cc(/C=C/C(=O)NO)ccn2c1CN(CC)CC(CC)CC. The Morgan fingerprint density at radius 2 is 2.07 bits per heavy atom. The maximum atomic E-state index is 11.2. The molecule has 0 aliphatic carbocycles. The number of hydrogen-bond acceptors (Lipinski definition) is 4. The summed E-state index contributed by atoms with van der Waals surface area (Å²) in [5.74, 6) is 0.181. The van der Waals surface area contributed by atoms with Gasteiger partial charge in [-0.05, 0) is 49.1 Å². The largest absolute Gasteiger partial charge is 0.302 e. The van der Waals surface area contributed by atoms with Crippen LogP contribution >= 0.6 is 0 Å². The van der Waals surface area contributed by atoms with Gasteiger partial charge in [-0.25, -0.2) is 10.5 Å². The number of aromatic nitrogens is 2. The van der Waals surface area contributed by atoms with Crippen molar-refractivity contribution in [3.05, 3.63) is 41.4 Å². The fourth-order valence-corrected chi connectivity index (χ4v) is 3.61. The average Bonchev–Trinajstić information content (AvgIpc) is 3.09. The molecule has 0 aromatic carbocycles. The van der Waals surface area contributed by atoms with Crippen LogP contribution in [-0.4, -0.2) is 38.5 Å². The van der Waals surface area contributed by atoms with Crippen LogP contribution < -0.4 is 5.48 Å². The Morgan fingerprint density at radius 1 is 1.31 bits per heavy atom. The number of amides is 1. The van der Waals surface area contributed by atoms with E-state index in [1.165, 1.54) is 30.3 Å². The lowest BCUT2D eigenvalue weighted by Gasteiger charge is -2.25. The van der Waals surface area contributed by atoms with Gasteiger partial charge in [0.1, 0.15) is 5.65 Å². The number of pyridine rings is 1. The van der Waals surface area contributed by atoms with Gasteiger partial charge in [0.15, 0.2) is 0 Å². The van der Waals surface area contributed by atoms with Crippen LogP contribution in [0.3, 0.4) is 0 Å². The number of carbonyl (C=O) groups excluding carboxylic acids is 1.